The Morgan fingerprint density at radius 3 is 2.24 bits per heavy atom. The van der Waals surface area contributed by atoms with Gasteiger partial charge in [-0.05, 0) is 35.9 Å². The summed E-state index contributed by atoms with van der Waals surface area (Å²) in [5.41, 5.74) is 1.92. The smallest absolute Gasteiger partial charge is 0.227 e. The summed E-state index contributed by atoms with van der Waals surface area (Å²) in [7, 11) is 3.13. The third kappa shape index (κ3) is 4.83. The van der Waals surface area contributed by atoms with Crippen LogP contribution in [0.3, 0.4) is 0 Å². The van der Waals surface area contributed by atoms with Gasteiger partial charge in [-0.25, -0.2) is 0 Å². The number of Topliss-reactive ketones (excluding diaryl/α,β-unsaturated/α-hetero) is 1. The Labute approximate surface area is 148 Å². The van der Waals surface area contributed by atoms with E-state index in [-0.39, 0.29) is 24.0 Å². The second-order valence-corrected chi connectivity index (χ2v) is 6.01. The van der Waals surface area contributed by atoms with E-state index in [2.05, 4.69) is 5.32 Å². The van der Waals surface area contributed by atoms with Crippen molar-refractivity contribution in [3.63, 3.8) is 0 Å². The van der Waals surface area contributed by atoms with Crippen LogP contribution in [0.1, 0.15) is 29.8 Å². The number of methoxy groups -OCH3 is 2. The van der Waals surface area contributed by atoms with Gasteiger partial charge in [-0.15, -0.1) is 0 Å². The molecule has 0 unspecified atom stereocenters. The number of ether oxygens (including phenoxy) is 2. The highest BCUT2D eigenvalue weighted by Crippen LogP contribution is 2.27. The molecule has 5 nitrogen and oxygen atoms in total. The molecule has 0 aliphatic heterocycles. The monoisotopic (exact) mass is 341 g/mol. The first-order chi connectivity index (χ1) is 11.9. The van der Waals surface area contributed by atoms with Crippen LogP contribution in [0.2, 0.25) is 0 Å². The number of rotatable bonds is 7. The predicted molar refractivity (Wildman–Crippen MR) is 97.5 cm³/mol. The lowest BCUT2D eigenvalue weighted by atomic mass is 10.0. The average Bonchev–Trinajstić information content (AvgIpc) is 2.62. The van der Waals surface area contributed by atoms with Gasteiger partial charge in [-0.2, -0.15) is 0 Å². The highest BCUT2D eigenvalue weighted by atomic mass is 16.5. The lowest BCUT2D eigenvalue weighted by molar-refractivity contribution is -0.118. The number of anilines is 1. The van der Waals surface area contributed by atoms with Crippen LogP contribution in [0.5, 0.6) is 11.5 Å². The fraction of sp³-hybridized carbons (Fsp3) is 0.300. The van der Waals surface area contributed by atoms with Gasteiger partial charge in [0, 0.05) is 17.9 Å². The van der Waals surface area contributed by atoms with Gasteiger partial charge in [0.05, 0.1) is 19.9 Å². The summed E-state index contributed by atoms with van der Waals surface area (Å²) in [4.78, 5) is 24.5. The first kappa shape index (κ1) is 18.5. The van der Waals surface area contributed by atoms with E-state index in [1.54, 1.807) is 39.2 Å². The molecular weight excluding hydrogens is 318 g/mol. The van der Waals surface area contributed by atoms with E-state index in [0.717, 1.165) is 11.3 Å². The number of ketones is 1. The molecule has 2 aromatic rings. The van der Waals surface area contributed by atoms with Gasteiger partial charge in [0.2, 0.25) is 5.91 Å². The van der Waals surface area contributed by atoms with Crippen LogP contribution in [0.4, 0.5) is 5.69 Å². The molecule has 1 amide bonds. The maximum absolute atomic E-state index is 12.6. The zero-order valence-corrected chi connectivity index (χ0v) is 15.0. The van der Waals surface area contributed by atoms with Crippen molar-refractivity contribution in [2.45, 2.75) is 20.3 Å². The standard InChI is InChI=1S/C20H23NO4/c1-13(2)20(23)21-17-12-15(7-10-19(17)25-4)18(22)11-14-5-8-16(24-3)9-6-14/h5-10,12-13H,11H2,1-4H3,(H,21,23). The summed E-state index contributed by atoms with van der Waals surface area (Å²) in [6.07, 6.45) is 0.272. The van der Waals surface area contributed by atoms with Crippen LogP contribution in [0.15, 0.2) is 42.5 Å². The van der Waals surface area contributed by atoms with Crippen molar-refractivity contribution in [3.8, 4) is 11.5 Å². The number of hydrogen-bond acceptors (Lipinski definition) is 4. The maximum atomic E-state index is 12.6. The van der Waals surface area contributed by atoms with Gasteiger partial charge in [-0.3, -0.25) is 9.59 Å². The van der Waals surface area contributed by atoms with Crippen LogP contribution in [0.25, 0.3) is 0 Å². The number of carbonyl (C=O) groups excluding carboxylic acids is 2. The molecule has 132 valence electrons. The molecule has 0 aliphatic rings. The highest BCUT2D eigenvalue weighted by Gasteiger charge is 2.14. The number of nitrogens with one attached hydrogen (secondary N) is 1. The van der Waals surface area contributed by atoms with Crippen molar-refractivity contribution < 1.29 is 19.1 Å². The fourth-order valence-electron chi connectivity index (χ4n) is 2.29. The topological polar surface area (TPSA) is 64.6 Å². The second-order valence-electron chi connectivity index (χ2n) is 6.01. The van der Waals surface area contributed by atoms with E-state index in [1.165, 1.54) is 7.11 Å². The minimum atomic E-state index is -0.164. The highest BCUT2D eigenvalue weighted by molar-refractivity contribution is 6.00. The van der Waals surface area contributed by atoms with E-state index >= 15 is 0 Å². The largest absolute Gasteiger partial charge is 0.497 e. The molecule has 0 spiro atoms. The van der Waals surface area contributed by atoms with E-state index in [0.29, 0.717) is 17.0 Å². The first-order valence-electron chi connectivity index (χ1n) is 8.09. The molecule has 0 bridgehead atoms. The van der Waals surface area contributed by atoms with Crippen molar-refractivity contribution >= 4 is 17.4 Å². The van der Waals surface area contributed by atoms with Crippen molar-refractivity contribution in [2.75, 3.05) is 19.5 Å². The zero-order chi connectivity index (χ0) is 18.4. The quantitative estimate of drug-likeness (QED) is 0.780. The normalized spacial score (nSPS) is 10.4. The van der Waals surface area contributed by atoms with E-state index in [9.17, 15) is 9.59 Å². The average molecular weight is 341 g/mol. The Bertz CT molecular complexity index is 751. The van der Waals surface area contributed by atoms with Crippen LogP contribution in [-0.4, -0.2) is 25.9 Å². The molecule has 5 heteroatoms. The summed E-state index contributed by atoms with van der Waals surface area (Å²) in [6, 6.07) is 12.4. The summed E-state index contributed by atoms with van der Waals surface area (Å²) in [5, 5.41) is 2.80. The molecule has 0 aliphatic carbocycles. The van der Waals surface area contributed by atoms with Crippen LogP contribution in [0, 0.1) is 5.92 Å². The predicted octanol–water partition coefficient (Wildman–Crippen LogP) is 3.72. The Morgan fingerprint density at radius 2 is 1.68 bits per heavy atom. The fourth-order valence-corrected chi connectivity index (χ4v) is 2.29. The van der Waals surface area contributed by atoms with Crippen LogP contribution in [-0.2, 0) is 11.2 Å². The van der Waals surface area contributed by atoms with E-state index in [1.807, 2.05) is 24.3 Å². The molecule has 0 radical (unpaired) electrons. The lowest BCUT2D eigenvalue weighted by Crippen LogP contribution is -2.18. The molecule has 0 aromatic heterocycles. The molecule has 1 N–H and O–H groups in total. The van der Waals surface area contributed by atoms with Crippen molar-refractivity contribution in [1.82, 2.24) is 0 Å². The van der Waals surface area contributed by atoms with Gasteiger partial charge in [0.25, 0.3) is 0 Å². The summed E-state index contributed by atoms with van der Waals surface area (Å²) < 4.78 is 10.4. The molecule has 2 aromatic carbocycles. The summed E-state index contributed by atoms with van der Waals surface area (Å²) in [6.45, 7) is 3.61. The SMILES string of the molecule is COc1ccc(CC(=O)c2ccc(OC)c(NC(=O)C(C)C)c2)cc1. The minimum absolute atomic E-state index is 0.0344. The van der Waals surface area contributed by atoms with E-state index in [4.69, 9.17) is 9.47 Å². The minimum Gasteiger partial charge on any atom is -0.497 e. The van der Waals surface area contributed by atoms with Gasteiger partial charge in [-0.1, -0.05) is 26.0 Å². The summed E-state index contributed by atoms with van der Waals surface area (Å²) in [5.74, 6) is 0.948. The third-order valence-electron chi connectivity index (χ3n) is 3.83. The van der Waals surface area contributed by atoms with Crippen molar-refractivity contribution in [2.24, 2.45) is 5.92 Å². The first-order valence-corrected chi connectivity index (χ1v) is 8.09. The molecule has 0 heterocycles. The maximum Gasteiger partial charge on any atom is 0.227 e. The van der Waals surface area contributed by atoms with Crippen LogP contribution < -0.4 is 14.8 Å². The summed E-state index contributed by atoms with van der Waals surface area (Å²) >= 11 is 0. The Balaban J connectivity index is 2.19. The van der Waals surface area contributed by atoms with Crippen LogP contribution >= 0.6 is 0 Å². The lowest BCUT2D eigenvalue weighted by Gasteiger charge is -2.13. The molecule has 25 heavy (non-hydrogen) atoms. The number of hydrogen-bond donors (Lipinski definition) is 1. The van der Waals surface area contributed by atoms with E-state index < -0.39 is 0 Å². The molecule has 0 atom stereocenters. The van der Waals surface area contributed by atoms with Gasteiger partial charge in [0.15, 0.2) is 5.78 Å². The molecule has 0 saturated heterocycles. The Morgan fingerprint density at radius 1 is 1.00 bits per heavy atom. The second kappa shape index (κ2) is 8.33. The zero-order valence-electron chi connectivity index (χ0n) is 15.0. The number of carbonyl (C=O) groups is 2. The van der Waals surface area contributed by atoms with Gasteiger partial charge >= 0.3 is 0 Å². The Hall–Kier alpha value is -2.82. The molecular formula is C20H23NO4. The Kier molecular flexibility index (Phi) is 6.17. The van der Waals surface area contributed by atoms with Gasteiger partial charge < -0.3 is 14.8 Å². The number of amides is 1. The van der Waals surface area contributed by atoms with Crippen molar-refractivity contribution in [3.05, 3.63) is 53.6 Å². The van der Waals surface area contributed by atoms with Crippen molar-refractivity contribution in [1.29, 1.82) is 0 Å². The third-order valence-corrected chi connectivity index (χ3v) is 3.83. The molecule has 0 fully saturated rings. The number of benzene rings is 2. The molecule has 0 saturated carbocycles. The molecule has 2 rings (SSSR count). The van der Waals surface area contributed by atoms with Gasteiger partial charge in [0.1, 0.15) is 11.5 Å².